The first kappa shape index (κ1) is 23.8. The molecule has 3 nitrogen and oxygen atoms in total. The molecule has 0 aliphatic rings. The summed E-state index contributed by atoms with van der Waals surface area (Å²) in [4.78, 5) is 10.6. The average Bonchev–Trinajstić information content (AvgIpc) is 2.13. The number of nitrogens with zero attached hydrogens (tertiary/aromatic N) is 3. The van der Waals surface area contributed by atoms with E-state index in [4.69, 9.17) is 0 Å². The van der Waals surface area contributed by atoms with Crippen molar-refractivity contribution in [2.24, 2.45) is 0 Å². The van der Waals surface area contributed by atoms with Crippen LogP contribution in [0, 0.1) is 19.6 Å². The molecule has 0 N–H and O–H groups in total. The summed E-state index contributed by atoms with van der Waals surface area (Å²) in [6.45, 7) is 9.76. The molecule has 0 aromatic carbocycles. The predicted octanol–water partition coefficient (Wildman–Crippen LogP) is 1.83. The minimum atomic E-state index is 0. The van der Waals surface area contributed by atoms with Crippen molar-refractivity contribution < 1.29 is 65.4 Å². The zero-order chi connectivity index (χ0) is 9.11. The molecule has 5 heteroatoms. The van der Waals surface area contributed by atoms with Gasteiger partial charge >= 0.3 is 0 Å². The second-order valence-corrected chi connectivity index (χ2v) is 1.08. The molecular weight excluding hydrogens is 316 g/mol. The predicted molar refractivity (Wildman–Crippen MR) is 44.9 cm³/mol. The van der Waals surface area contributed by atoms with Gasteiger partial charge in [0.05, 0.1) is 0 Å². The van der Waals surface area contributed by atoms with Gasteiger partial charge in [0.1, 0.15) is 0 Å². The molecule has 0 aliphatic heterocycles. The molecule has 0 saturated heterocycles. The van der Waals surface area contributed by atoms with Crippen LogP contribution in [0.5, 0.6) is 0 Å². The molecule has 1 rings (SSSR count). The van der Waals surface area contributed by atoms with E-state index in [-0.39, 0.29) is 65.4 Å². The van der Waals surface area contributed by atoms with E-state index in [1.165, 1.54) is 0 Å². The maximum absolute atomic E-state index is 3.60. The van der Waals surface area contributed by atoms with Crippen LogP contribution in [-0.2, 0) is 65.4 Å². The minimum absolute atomic E-state index is 0. The van der Waals surface area contributed by atoms with Gasteiger partial charge in [0, 0.05) is 65.4 Å². The molecule has 1 aromatic heterocycles. The Hall–Kier alpha value is 1.22. The Morgan fingerprint density at radius 3 is 1.31 bits per heavy atom. The smallest absolute Gasteiger partial charge is 0 e. The fourth-order valence-electron chi connectivity index (χ4n) is 0.242. The molecule has 1 aromatic rings. The van der Waals surface area contributed by atoms with Crippen molar-refractivity contribution in [2.45, 2.75) is 34.6 Å². The van der Waals surface area contributed by atoms with Crippen LogP contribution in [0.1, 0.15) is 33.5 Å². The van der Waals surface area contributed by atoms with Crippen LogP contribution < -0.4 is 0 Å². The van der Waals surface area contributed by atoms with Crippen LogP contribution in [0.4, 0.5) is 0 Å². The van der Waals surface area contributed by atoms with Gasteiger partial charge in [-0.05, 0) is 0 Å². The SMILES string of the molecule is CC.CC.Cc1n[c-]n[c-]n1.[Y].[Y]. The van der Waals surface area contributed by atoms with Gasteiger partial charge in [-0.3, -0.25) is 0 Å². The molecule has 2 radical (unpaired) electrons. The van der Waals surface area contributed by atoms with Crippen LogP contribution >= 0.6 is 0 Å². The van der Waals surface area contributed by atoms with E-state index in [0.29, 0.717) is 5.82 Å². The zero-order valence-electron chi connectivity index (χ0n) is 9.00. The third kappa shape index (κ3) is 19.6. The number of hydrogen-bond donors (Lipinski definition) is 0. The molecule has 0 aliphatic carbocycles. The molecule has 0 atom stereocenters. The molecule has 0 amide bonds. The Balaban J connectivity index is -0.0000000607. The maximum Gasteiger partial charge on any atom is 0 e. The van der Waals surface area contributed by atoms with Gasteiger partial charge in [0.25, 0.3) is 0 Å². The summed E-state index contributed by atoms with van der Waals surface area (Å²) in [6.07, 6.45) is 4.69. The van der Waals surface area contributed by atoms with Crippen LogP contribution in [0.3, 0.4) is 0 Å². The van der Waals surface area contributed by atoms with E-state index in [2.05, 4.69) is 27.6 Å². The Labute approximate surface area is 132 Å². The standard InChI is InChI=1S/C4H3N3.2C2H6.2Y/c1-4-6-2-5-3-7-4;2*1-2;;/h1H3;2*1-2H3;;/q-2;;;;. The maximum atomic E-state index is 3.60. The van der Waals surface area contributed by atoms with Gasteiger partial charge in [-0.25, -0.2) is 0 Å². The van der Waals surface area contributed by atoms with Crippen molar-refractivity contribution in [1.82, 2.24) is 15.0 Å². The Morgan fingerprint density at radius 2 is 1.15 bits per heavy atom. The van der Waals surface area contributed by atoms with Crippen molar-refractivity contribution in [3.05, 3.63) is 18.5 Å². The van der Waals surface area contributed by atoms with E-state index in [9.17, 15) is 0 Å². The quantitative estimate of drug-likeness (QED) is 0.681. The number of hydrogen-bond acceptors (Lipinski definition) is 3. The van der Waals surface area contributed by atoms with E-state index < -0.39 is 0 Å². The molecular formula is C8H15N3Y2-2. The van der Waals surface area contributed by atoms with Crippen molar-refractivity contribution >= 4 is 0 Å². The molecule has 70 valence electrons. The first-order valence-corrected chi connectivity index (χ1v) is 3.84. The monoisotopic (exact) mass is 331 g/mol. The van der Waals surface area contributed by atoms with Crippen LogP contribution in [0.15, 0.2) is 0 Å². The fraction of sp³-hybridized carbons (Fsp3) is 0.625. The summed E-state index contributed by atoms with van der Waals surface area (Å²) in [6, 6.07) is 0. The van der Waals surface area contributed by atoms with E-state index in [1.54, 1.807) is 6.92 Å². The summed E-state index contributed by atoms with van der Waals surface area (Å²) >= 11 is 0. The first-order valence-electron chi connectivity index (χ1n) is 3.84. The molecule has 13 heavy (non-hydrogen) atoms. The summed E-state index contributed by atoms with van der Waals surface area (Å²) in [5.41, 5.74) is 0. The van der Waals surface area contributed by atoms with Crippen molar-refractivity contribution in [3.63, 3.8) is 0 Å². The van der Waals surface area contributed by atoms with Gasteiger partial charge in [-0.2, -0.15) is 12.7 Å². The summed E-state index contributed by atoms with van der Waals surface area (Å²) in [5, 5.41) is 0. The van der Waals surface area contributed by atoms with Gasteiger partial charge in [-0.1, -0.05) is 34.6 Å². The van der Waals surface area contributed by atoms with E-state index in [0.717, 1.165) is 0 Å². The fourth-order valence-corrected chi connectivity index (χ4v) is 0.242. The molecule has 0 spiro atoms. The molecule has 0 bridgehead atoms. The molecule has 0 unspecified atom stereocenters. The summed E-state index contributed by atoms with van der Waals surface area (Å²) in [5.74, 6) is 0.648. The Kier molecular flexibility index (Phi) is 42.5. The molecule has 1 heterocycles. The Bertz CT molecular complexity index is 147. The second-order valence-electron chi connectivity index (χ2n) is 1.08. The van der Waals surface area contributed by atoms with E-state index >= 15 is 0 Å². The van der Waals surface area contributed by atoms with Crippen molar-refractivity contribution in [1.29, 1.82) is 0 Å². The minimum Gasteiger partial charge on any atom is -0.505 e. The molecule has 0 fully saturated rings. The van der Waals surface area contributed by atoms with Crippen LogP contribution in [-0.4, -0.2) is 15.0 Å². The topological polar surface area (TPSA) is 38.7 Å². The van der Waals surface area contributed by atoms with E-state index in [1.807, 2.05) is 27.7 Å². The normalized spacial score (nSPS) is 5.62. The third-order valence-corrected chi connectivity index (χ3v) is 0.524. The number of aryl methyl sites for hydroxylation is 1. The van der Waals surface area contributed by atoms with Crippen molar-refractivity contribution in [2.75, 3.05) is 0 Å². The van der Waals surface area contributed by atoms with Crippen molar-refractivity contribution in [3.8, 4) is 0 Å². The Morgan fingerprint density at radius 1 is 0.846 bits per heavy atom. The van der Waals surface area contributed by atoms with Gasteiger partial charge in [0.15, 0.2) is 0 Å². The summed E-state index contributed by atoms with van der Waals surface area (Å²) in [7, 11) is 0. The van der Waals surface area contributed by atoms with Gasteiger partial charge in [0.2, 0.25) is 0 Å². The first-order chi connectivity index (χ1) is 5.39. The number of rotatable bonds is 0. The van der Waals surface area contributed by atoms with Gasteiger partial charge in [-0.15, -0.1) is 5.82 Å². The third-order valence-electron chi connectivity index (χ3n) is 0.524. The van der Waals surface area contributed by atoms with Crippen LogP contribution in [0.2, 0.25) is 0 Å². The second kappa shape index (κ2) is 23.2. The summed E-state index contributed by atoms with van der Waals surface area (Å²) < 4.78 is 0. The van der Waals surface area contributed by atoms with Crippen LogP contribution in [0.25, 0.3) is 0 Å². The average molecular weight is 331 g/mol. The number of aromatic nitrogens is 3. The molecule has 0 saturated carbocycles. The zero-order valence-corrected chi connectivity index (χ0v) is 14.7. The van der Waals surface area contributed by atoms with Gasteiger partial charge < -0.3 is 15.0 Å². The largest absolute Gasteiger partial charge is 0.505 e.